The summed E-state index contributed by atoms with van der Waals surface area (Å²) in [6.45, 7) is 9.46. The van der Waals surface area contributed by atoms with Gasteiger partial charge in [0.05, 0.1) is 24.7 Å². The highest BCUT2D eigenvalue weighted by atomic mass is 127. The van der Waals surface area contributed by atoms with Crippen molar-refractivity contribution in [3.05, 3.63) is 0 Å². The van der Waals surface area contributed by atoms with E-state index in [4.69, 9.17) is 4.74 Å². The minimum absolute atomic E-state index is 0. The number of aliphatic imine (C=N–C) groups is 1. The molecule has 0 aromatic rings. The lowest BCUT2D eigenvalue weighted by Crippen LogP contribution is -2.46. The van der Waals surface area contributed by atoms with Crippen LogP contribution in [-0.2, 0) is 9.53 Å². The average Bonchev–Trinajstić information content (AvgIpc) is 2.60. The molecule has 0 aliphatic heterocycles. The summed E-state index contributed by atoms with van der Waals surface area (Å²) < 4.78 is 5.11. The van der Waals surface area contributed by atoms with E-state index >= 15 is 0 Å². The minimum atomic E-state index is -0.732. The van der Waals surface area contributed by atoms with Gasteiger partial charge < -0.3 is 20.5 Å². The number of hydrogen-bond acceptors (Lipinski definition) is 4. The van der Waals surface area contributed by atoms with Crippen LogP contribution in [0.15, 0.2) is 4.99 Å². The molecule has 3 N–H and O–H groups in total. The summed E-state index contributed by atoms with van der Waals surface area (Å²) in [6.07, 6.45) is 4.95. The summed E-state index contributed by atoms with van der Waals surface area (Å²) >= 11 is 0. The number of ether oxygens (including phenoxy) is 1. The van der Waals surface area contributed by atoms with Crippen LogP contribution in [0.3, 0.4) is 0 Å². The number of carbonyl (C=O) groups excluding carboxylic acids is 1. The van der Waals surface area contributed by atoms with Crippen LogP contribution in [0.1, 0.15) is 66.2 Å². The molecule has 0 spiro atoms. The van der Waals surface area contributed by atoms with E-state index in [1.807, 2.05) is 27.7 Å². The van der Waals surface area contributed by atoms with Gasteiger partial charge in [-0.2, -0.15) is 0 Å². The number of rotatable bonds is 8. The number of hydrogen-bond donors (Lipinski definition) is 3. The molecule has 0 bridgehead atoms. The van der Waals surface area contributed by atoms with Crippen molar-refractivity contribution in [1.29, 1.82) is 0 Å². The van der Waals surface area contributed by atoms with E-state index in [1.54, 1.807) is 0 Å². The molecule has 6 nitrogen and oxygen atoms in total. The predicted octanol–water partition coefficient (Wildman–Crippen LogP) is 2.83. The van der Waals surface area contributed by atoms with Crippen LogP contribution in [0, 0.1) is 5.92 Å². The van der Waals surface area contributed by atoms with Crippen LogP contribution in [0.2, 0.25) is 0 Å². The number of nitrogens with one attached hydrogen (secondary N) is 2. The quantitative estimate of drug-likeness (QED) is 0.221. The second-order valence-corrected chi connectivity index (χ2v) is 6.57. The normalized spacial score (nSPS) is 21.2. The highest BCUT2D eigenvalue weighted by Gasteiger charge is 2.28. The van der Waals surface area contributed by atoms with Crippen LogP contribution < -0.4 is 10.6 Å². The molecule has 0 radical (unpaired) electrons. The van der Waals surface area contributed by atoms with Crippen molar-refractivity contribution in [3.63, 3.8) is 0 Å². The fourth-order valence-electron chi connectivity index (χ4n) is 2.95. The molecular formula is C18H36IN3O3. The Morgan fingerprint density at radius 2 is 1.76 bits per heavy atom. The van der Waals surface area contributed by atoms with Gasteiger partial charge in [0.25, 0.3) is 0 Å². The lowest BCUT2D eigenvalue weighted by molar-refractivity contribution is -0.149. The molecule has 0 unspecified atom stereocenters. The Labute approximate surface area is 169 Å². The topological polar surface area (TPSA) is 83.0 Å². The molecule has 0 aromatic heterocycles. The molecule has 1 aliphatic carbocycles. The molecule has 1 fully saturated rings. The molecule has 1 saturated carbocycles. The predicted molar refractivity (Wildman–Crippen MR) is 112 cm³/mol. The van der Waals surface area contributed by atoms with Crippen molar-refractivity contribution in [1.82, 2.24) is 10.6 Å². The summed E-state index contributed by atoms with van der Waals surface area (Å²) in [5.74, 6) is 0.720. The van der Waals surface area contributed by atoms with Gasteiger partial charge in [0.15, 0.2) is 5.96 Å². The maximum Gasteiger partial charge on any atom is 0.308 e. The maximum atomic E-state index is 11.8. The van der Waals surface area contributed by atoms with Crippen molar-refractivity contribution in [2.45, 2.75) is 77.9 Å². The zero-order chi connectivity index (χ0) is 18.0. The summed E-state index contributed by atoms with van der Waals surface area (Å²) in [4.78, 5) is 16.4. The number of guanidine groups is 1. The van der Waals surface area contributed by atoms with Gasteiger partial charge in [-0.25, -0.2) is 0 Å². The minimum Gasteiger partial charge on any atom is -0.466 e. The first-order chi connectivity index (χ1) is 11.5. The molecule has 7 heteroatoms. The van der Waals surface area contributed by atoms with Gasteiger partial charge in [-0.05, 0) is 52.4 Å². The molecule has 0 saturated heterocycles. The standard InChI is InChI=1S/C18H35N3O3.HI/c1-5-18(23,6-2)13-20-17(19-7-3)21-15-11-9-14(10-12-15)16(22)24-8-4;/h14-15,23H,5-13H2,1-4H3,(H2,19,20,21);1H. The van der Waals surface area contributed by atoms with Crippen molar-refractivity contribution in [2.24, 2.45) is 10.9 Å². The monoisotopic (exact) mass is 469 g/mol. The van der Waals surface area contributed by atoms with Gasteiger partial charge in [0.1, 0.15) is 0 Å². The number of nitrogens with zero attached hydrogens (tertiary/aromatic N) is 1. The molecule has 0 amide bonds. The van der Waals surface area contributed by atoms with Gasteiger partial charge in [0, 0.05) is 12.6 Å². The van der Waals surface area contributed by atoms with Crippen LogP contribution in [0.5, 0.6) is 0 Å². The third-order valence-corrected chi connectivity index (χ3v) is 4.88. The van der Waals surface area contributed by atoms with Gasteiger partial charge in [-0.3, -0.25) is 9.79 Å². The van der Waals surface area contributed by atoms with Gasteiger partial charge in [-0.15, -0.1) is 24.0 Å². The average molecular weight is 469 g/mol. The first-order valence-corrected chi connectivity index (χ1v) is 9.41. The highest BCUT2D eigenvalue weighted by molar-refractivity contribution is 14.0. The van der Waals surface area contributed by atoms with Gasteiger partial charge in [0.2, 0.25) is 0 Å². The zero-order valence-corrected chi connectivity index (χ0v) is 18.5. The summed E-state index contributed by atoms with van der Waals surface area (Å²) in [7, 11) is 0. The third-order valence-electron chi connectivity index (χ3n) is 4.88. The summed E-state index contributed by atoms with van der Waals surface area (Å²) in [6, 6.07) is 0.310. The number of carbonyl (C=O) groups is 1. The van der Waals surface area contributed by atoms with E-state index in [0.29, 0.717) is 32.0 Å². The third kappa shape index (κ3) is 8.57. The first-order valence-electron chi connectivity index (χ1n) is 9.41. The molecule has 0 heterocycles. The van der Waals surface area contributed by atoms with E-state index in [-0.39, 0.29) is 35.9 Å². The SMILES string of the molecule is CCNC(=NCC(O)(CC)CC)NC1CCC(C(=O)OCC)CC1.I. The lowest BCUT2D eigenvalue weighted by atomic mass is 9.86. The van der Waals surface area contributed by atoms with Crippen molar-refractivity contribution >= 4 is 35.9 Å². The molecule has 25 heavy (non-hydrogen) atoms. The Morgan fingerprint density at radius 1 is 1.16 bits per heavy atom. The smallest absolute Gasteiger partial charge is 0.308 e. The Kier molecular flexibility index (Phi) is 12.4. The molecule has 0 aromatic carbocycles. The van der Waals surface area contributed by atoms with Crippen LogP contribution in [0.25, 0.3) is 0 Å². The number of esters is 1. The Morgan fingerprint density at radius 3 is 2.24 bits per heavy atom. The highest BCUT2D eigenvalue weighted by Crippen LogP contribution is 2.25. The van der Waals surface area contributed by atoms with Crippen LogP contribution in [-0.4, -0.2) is 48.4 Å². The van der Waals surface area contributed by atoms with E-state index < -0.39 is 5.60 Å². The first kappa shape index (κ1) is 24.4. The van der Waals surface area contributed by atoms with Crippen LogP contribution >= 0.6 is 24.0 Å². The molecule has 1 aliphatic rings. The van der Waals surface area contributed by atoms with E-state index in [0.717, 1.165) is 38.2 Å². The Bertz CT molecular complexity index is 406. The van der Waals surface area contributed by atoms with E-state index in [9.17, 15) is 9.90 Å². The fraction of sp³-hybridized carbons (Fsp3) is 0.889. The Balaban J connectivity index is 0.00000576. The fourth-order valence-corrected chi connectivity index (χ4v) is 2.95. The second kappa shape index (κ2) is 12.7. The Hall–Kier alpha value is -0.570. The maximum absolute atomic E-state index is 11.8. The van der Waals surface area contributed by atoms with Gasteiger partial charge in [-0.1, -0.05) is 13.8 Å². The lowest BCUT2D eigenvalue weighted by Gasteiger charge is -2.29. The summed E-state index contributed by atoms with van der Waals surface area (Å²) in [5.41, 5.74) is -0.732. The van der Waals surface area contributed by atoms with Crippen molar-refractivity contribution in [3.8, 4) is 0 Å². The number of aliphatic hydroxyl groups is 1. The van der Waals surface area contributed by atoms with E-state index in [1.165, 1.54) is 0 Å². The van der Waals surface area contributed by atoms with E-state index in [2.05, 4.69) is 15.6 Å². The summed E-state index contributed by atoms with van der Waals surface area (Å²) in [5, 5.41) is 17.1. The van der Waals surface area contributed by atoms with Gasteiger partial charge >= 0.3 is 5.97 Å². The molecule has 0 atom stereocenters. The van der Waals surface area contributed by atoms with Crippen molar-refractivity contribution < 1.29 is 14.6 Å². The zero-order valence-electron chi connectivity index (χ0n) is 16.1. The molecule has 148 valence electrons. The van der Waals surface area contributed by atoms with Crippen molar-refractivity contribution in [2.75, 3.05) is 19.7 Å². The largest absolute Gasteiger partial charge is 0.466 e. The second-order valence-electron chi connectivity index (χ2n) is 6.57. The van der Waals surface area contributed by atoms with Crippen LogP contribution in [0.4, 0.5) is 0 Å². The molecule has 1 rings (SSSR count). The molecular weight excluding hydrogens is 433 g/mol. The number of halogens is 1.